The maximum Gasteiger partial charge on any atom is 0.279 e. The van der Waals surface area contributed by atoms with E-state index in [1.807, 2.05) is 6.26 Å². The minimum absolute atomic E-state index is 0.0506. The number of aliphatic imine (C=N–C) groups is 1. The molecule has 0 aliphatic carbocycles. The highest BCUT2D eigenvalue weighted by Crippen LogP contribution is 2.12. The summed E-state index contributed by atoms with van der Waals surface area (Å²) < 4.78 is 11.6. The van der Waals surface area contributed by atoms with E-state index in [9.17, 15) is 9.00 Å². The highest BCUT2D eigenvalue weighted by molar-refractivity contribution is 8.23. The van der Waals surface area contributed by atoms with Crippen LogP contribution in [0.5, 0.6) is 0 Å². The second-order valence-corrected chi connectivity index (χ2v) is 11.5. The van der Waals surface area contributed by atoms with Crippen LogP contribution in [0.3, 0.4) is 0 Å². The van der Waals surface area contributed by atoms with Gasteiger partial charge in [-0.3, -0.25) is 14.0 Å². The highest BCUT2D eigenvalue weighted by Gasteiger charge is 2.00. The Morgan fingerprint density at radius 3 is 2.71 bits per heavy atom. The van der Waals surface area contributed by atoms with Gasteiger partial charge in [0.25, 0.3) is 5.24 Å². The summed E-state index contributed by atoms with van der Waals surface area (Å²) >= 11 is 8.16. The normalized spacial score (nSPS) is 12.6. The summed E-state index contributed by atoms with van der Waals surface area (Å²) in [6.07, 6.45) is 1.98. The third-order valence-corrected chi connectivity index (χ3v) is 8.54. The van der Waals surface area contributed by atoms with Crippen LogP contribution in [0.2, 0.25) is 0 Å². The molecular formula is C13H26N2O3S6. The quantitative estimate of drug-likeness (QED) is 0.161. The Kier molecular flexibility index (Phi) is 21.2. The van der Waals surface area contributed by atoms with E-state index in [4.69, 9.17) is 5.11 Å². The minimum atomic E-state index is -0.995. The van der Waals surface area contributed by atoms with Gasteiger partial charge in [0.1, 0.15) is 0 Å². The summed E-state index contributed by atoms with van der Waals surface area (Å²) in [6.45, 7) is 1.56. The fourth-order valence-corrected chi connectivity index (χ4v) is 6.02. The number of carbonyl (C=O) groups is 1. The Bertz CT molecular complexity index is 361. The van der Waals surface area contributed by atoms with Crippen LogP contribution in [0.15, 0.2) is 4.99 Å². The first kappa shape index (κ1) is 25.0. The van der Waals surface area contributed by atoms with E-state index in [0.29, 0.717) is 24.6 Å². The molecule has 0 heterocycles. The van der Waals surface area contributed by atoms with Crippen LogP contribution in [-0.2, 0) is 10.8 Å². The molecule has 1 atom stereocenters. The molecule has 1 unspecified atom stereocenters. The minimum Gasteiger partial charge on any atom is -0.396 e. The average molecular weight is 451 g/mol. The lowest BCUT2D eigenvalue weighted by molar-refractivity contribution is 0.261. The molecule has 0 rings (SSSR count). The number of carbonyl (C=O) groups excluding carboxylic acids is 1. The number of aliphatic hydroxyl groups is 1. The van der Waals surface area contributed by atoms with Crippen molar-refractivity contribution in [1.29, 1.82) is 0 Å². The van der Waals surface area contributed by atoms with Crippen LogP contribution in [-0.4, -0.2) is 85.0 Å². The van der Waals surface area contributed by atoms with Crippen LogP contribution in [0, 0.1) is 0 Å². The number of hydrogen-bond donors (Lipinski definition) is 2. The maximum atomic E-state index is 11.6. The van der Waals surface area contributed by atoms with Gasteiger partial charge < -0.3 is 10.4 Å². The second-order valence-electron chi connectivity index (χ2n) is 4.13. The first-order valence-electron chi connectivity index (χ1n) is 7.31. The second kappa shape index (κ2) is 20.3. The predicted octanol–water partition coefficient (Wildman–Crippen LogP) is 2.68. The monoisotopic (exact) mass is 450 g/mol. The average Bonchev–Trinajstić information content (AvgIpc) is 2.58. The first-order valence-corrected chi connectivity index (χ1v) is 14.5. The smallest absolute Gasteiger partial charge is 0.279 e. The zero-order valence-corrected chi connectivity index (χ0v) is 18.7. The molecule has 0 aromatic carbocycles. The molecule has 142 valence electrons. The molecule has 0 saturated carbocycles. The van der Waals surface area contributed by atoms with Crippen molar-refractivity contribution in [3.63, 3.8) is 0 Å². The van der Waals surface area contributed by atoms with Gasteiger partial charge in [-0.2, -0.15) is 23.5 Å². The summed E-state index contributed by atoms with van der Waals surface area (Å²) in [5.74, 6) is 3.91. The number of hydrogen-bond acceptors (Lipinski definition) is 9. The summed E-state index contributed by atoms with van der Waals surface area (Å²) in [5, 5.41) is 13.3. The van der Waals surface area contributed by atoms with Gasteiger partial charge in [0.05, 0.1) is 23.0 Å². The zero-order chi connectivity index (χ0) is 17.9. The SMILES string of the molecule is CSCSC(=O)NCCSCSCCN=CS(=O)CCSCCO. The van der Waals surface area contributed by atoms with Crippen LogP contribution in [0.25, 0.3) is 0 Å². The number of aliphatic hydroxyl groups excluding tert-OH is 1. The van der Waals surface area contributed by atoms with E-state index in [0.717, 1.165) is 27.4 Å². The Morgan fingerprint density at radius 2 is 1.96 bits per heavy atom. The van der Waals surface area contributed by atoms with Crippen molar-refractivity contribution in [3.05, 3.63) is 0 Å². The first-order chi connectivity index (χ1) is 11.7. The van der Waals surface area contributed by atoms with E-state index >= 15 is 0 Å². The van der Waals surface area contributed by atoms with Gasteiger partial charge in [-0.25, -0.2) is 0 Å². The van der Waals surface area contributed by atoms with E-state index < -0.39 is 10.8 Å². The van der Waals surface area contributed by atoms with Crippen LogP contribution < -0.4 is 5.32 Å². The van der Waals surface area contributed by atoms with Gasteiger partial charge in [-0.05, 0) is 6.26 Å². The molecule has 2 N–H and O–H groups in total. The number of nitrogens with zero attached hydrogens (tertiary/aromatic N) is 1. The van der Waals surface area contributed by atoms with Gasteiger partial charge in [-0.1, -0.05) is 11.8 Å². The number of rotatable bonds is 16. The maximum absolute atomic E-state index is 11.6. The van der Waals surface area contributed by atoms with Crippen molar-refractivity contribution in [3.8, 4) is 0 Å². The molecule has 1 amide bonds. The predicted molar refractivity (Wildman–Crippen MR) is 120 cm³/mol. The van der Waals surface area contributed by atoms with Gasteiger partial charge >= 0.3 is 0 Å². The largest absolute Gasteiger partial charge is 0.396 e. The summed E-state index contributed by atoms with van der Waals surface area (Å²) in [7, 11) is -0.995. The van der Waals surface area contributed by atoms with Gasteiger partial charge in [0, 0.05) is 52.0 Å². The van der Waals surface area contributed by atoms with E-state index in [1.54, 1.807) is 47.0 Å². The lowest BCUT2D eigenvalue weighted by atomic mass is 10.8. The topological polar surface area (TPSA) is 78.8 Å². The molecule has 11 heteroatoms. The standard InChI is InChI=1S/C13H26N2O3S6/c1-19-11-23-13(17)15-3-6-22-12-21-5-2-14-10-24(18)9-8-20-7-4-16/h10,16H,2-9,11-12H2,1H3,(H,15,17). The highest BCUT2D eigenvalue weighted by atomic mass is 32.2. The summed E-state index contributed by atoms with van der Waals surface area (Å²) in [6, 6.07) is 0. The van der Waals surface area contributed by atoms with Crippen molar-refractivity contribution in [2.24, 2.45) is 4.99 Å². The van der Waals surface area contributed by atoms with Crippen molar-refractivity contribution in [1.82, 2.24) is 5.32 Å². The van der Waals surface area contributed by atoms with Gasteiger partial charge in [0.2, 0.25) is 0 Å². The lowest BCUT2D eigenvalue weighted by Crippen LogP contribution is -2.21. The number of amides is 1. The summed E-state index contributed by atoms with van der Waals surface area (Å²) in [5.41, 5.74) is 1.54. The van der Waals surface area contributed by atoms with E-state index in [1.165, 1.54) is 17.3 Å². The van der Waals surface area contributed by atoms with Crippen molar-refractivity contribution >= 4 is 80.4 Å². The van der Waals surface area contributed by atoms with Gasteiger partial charge in [0.15, 0.2) is 0 Å². The van der Waals surface area contributed by atoms with Crippen molar-refractivity contribution < 1.29 is 14.1 Å². The number of nitrogens with one attached hydrogen (secondary N) is 1. The molecule has 0 aromatic rings. The fourth-order valence-electron chi connectivity index (χ4n) is 1.18. The molecule has 0 saturated heterocycles. The van der Waals surface area contributed by atoms with Crippen LogP contribution in [0.1, 0.15) is 0 Å². The van der Waals surface area contributed by atoms with Crippen LogP contribution >= 0.6 is 58.8 Å². The third-order valence-electron chi connectivity index (χ3n) is 2.21. The molecule has 0 aliphatic heterocycles. The summed E-state index contributed by atoms with van der Waals surface area (Å²) in [4.78, 5) is 15.5. The molecule has 24 heavy (non-hydrogen) atoms. The molecule has 0 bridgehead atoms. The Morgan fingerprint density at radius 1 is 1.17 bits per heavy atom. The molecule has 0 aliphatic rings. The van der Waals surface area contributed by atoms with Gasteiger partial charge in [-0.15, -0.1) is 23.5 Å². The number of thioether (sulfide) groups is 5. The molecule has 5 nitrogen and oxygen atoms in total. The third kappa shape index (κ3) is 19.3. The molecular weight excluding hydrogens is 425 g/mol. The Hall–Kier alpha value is 1.00. The molecule has 0 radical (unpaired) electrons. The molecule has 0 spiro atoms. The lowest BCUT2D eigenvalue weighted by Gasteiger charge is -2.03. The fraction of sp³-hybridized carbons (Fsp3) is 0.846. The molecule has 0 aromatic heterocycles. The Balaban J connectivity index is 3.31. The Labute approximate surface area is 169 Å². The molecule has 0 fully saturated rings. The zero-order valence-electron chi connectivity index (χ0n) is 13.8. The van der Waals surface area contributed by atoms with Crippen molar-refractivity contribution in [2.75, 3.05) is 64.9 Å². The van der Waals surface area contributed by atoms with E-state index in [2.05, 4.69) is 10.3 Å². The van der Waals surface area contributed by atoms with E-state index in [-0.39, 0.29) is 11.8 Å². The van der Waals surface area contributed by atoms with Crippen molar-refractivity contribution in [2.45, 2.75) is 0 Å². The van der Waals surface area contributed by atoms with Crippen LogP contribution in [0.4, 0.5) is 4.79 Å².